The van der Waals surface area contributed by atoms with Crippen LogP contribution in [0.25, 0.3) is 0 Å². The zero-order valence-electron chi connectivity index (χ0n) is 8.45. The Morgan fingerprint density at radius 2 is 2.15 bits per heavy atom. The van der Waals surface area contributed by atoms with Crippen molar-refractivity contribution in [1.29, 1.82) is 0 Å². The zero-order valence-corrected chi connectivity index (χ0v) is 8.45. The summed E-state index contributed by atoms with van der Waals surface area (Å²) in [5.74, 6) is -0.337. The van der Waals surface area contributed by atoms with Gasteiger partial charge in [0.05, 0.1) is 13.7 Å². The van der Waals surface area contributed by atoms with E-state index in [0.29, 0.717) is 6.61 Å². The Morgan fingerprint density at radius 1 is 1.46 bits per heavy atom. The Morgan fingerprint density at radius 3 is 2.62 bits per heavy atom. The van der Waals surface area contributed by atoms with Crippen molar-refractivity contribution in [1.82, 2.24) is 4.90 Å². The predicted octanol–water partition coefficient (Wildman–Crippen LogP) is 0.641. The van der Waals surface area contributed by atoms with E-state index in [-0.39, 0.29) is 5.97 Å². The van der Waals surface area contributed by atoms with Gasteiger partial charge in [0.25, 0.3) is 0 Å². The van der Waals surface area contributed by atoms with E-state index in [0.717, 1.165) is 13.1 Å². The molecule has 76 valence electrons. The quantitative estimate of drug-likeness (QED) is 0.452. The van der Waals surface area contributed by atoms with Crippen molar-refractivity contribution in [2.24, 2.45) is 0 Å². The van der Waals surface area contributed by atoms with Crippen LogP contribution in [-0.4, -0.2) is 44.8 Å². The molecule has 0 saturated carbocycles. The van der Waals surface area contributed by atoms with Crippen LogP contribution in [0.15, 0.2) is 12.3 Å². The maximum atomic E-state index is 10.7. The third-order valence-electron chi connectivity index (χ3n) is 1.61. The van der Waals surface area contributed by atoms with Gasteiger partial charge in [-0.3, -0.25) is 0 Å². The average Bonchev–Trinajstić information content (AvgIpc) is 2.17. The topological polar surface area (TPSA) is 38.8 Å². The molecule has 0 fully saturated rings. The molecule has 0 N–H and O–H groups in total. The molecular formula is C9H17NO3. The van der Waals surface area contributed by atoms with Gasteiger partial charge in [-0.25, -0.2) is 4.79 Å². The highest BCUT2D eigenvalue weighted by Crippen LogP contribution is 1.90. The Labute approximate surface area is 79.1 Å². The third-order valence-corrected chi connectivity index (χ3v) is 1.61. The number of hydrogen-bond donors (Lipinski definition) is 0. The monoisotopic (exact) mass is 187 g/mol. The fourth-order valence-electron chi connectivity index (χ4n) is 0.781. The van der Waals surface area contributed by atoms with Crippen molar-refractivity contribution in [2.75, 3.05) is 33.9 Å². The third kappa shape index (κ3) is 6.16. The van der Waals surface area contributed by atoms with E-state index in [1.165, 1.54) is 13.2 Å². The summed E-state index contributed by atoms with van der Waals surface area (Å²) in [7, 11) is 3.01. The molecule has 4 nitrogen and oxygen atoms in total. The number of carbonyl (C=O) groups excluding carboxylic acids is 1. The highest BCUT2D eigenvalue weighted by atomic mass is 16.5. The van der Waals surface area contributed by atoms with Crippen molar-refractivity contribution in [3.63, 3.8) is 0 Å². The first-order valence-corrected chi connectivity index (χ1v) is 4.23. The largest absolute Gasteiger partial charge is 0.466 e. The number of hydrogen-bond acceptors (Lipinski definition) is 4. The number of ether oxygens (including phenoxy) is 2. The minimum atomic E-state index is -0.337. The van der Waals surface area contributed by atoms with Crippen LogP contribution in [0.4, 0.5) is 0 Å². The first-order valence-electron chi connectivity index (χ1n) is 4.23. The lowest BCUT2D eigenvalue weighted by atomic mass is 10.5. The van der Waals surface area contributed by atoms with Crippen LogP contribution in [0.2, 0.25) is 0 Å². The first kappa shape index (κ1) is 12.0. The fourth-order valence-corrected chi connectivity index (χ4v) is 0.781. The zero-order chi connectivity index (χ0) is 10.1. The Bertz CT molecular complexity index is 168. The number of carbonyl (C=O) groups is 1. The van der Waals surface area contributed by atoms with Gasteiger partial charge >= 0.3 is 5.97 Å². The molecule has 0 amide bonds. The molecule has 0 aliphatic rings. The number of nitrogens with zero attached hydrogens (tertiary/aromatic N) is 1. The highest BCUT2D eigenvalue weighted by Gasteiger charge is 1.96. The molecule has 0 aliphatic carbocycles. The lowest BCUT2D eigenvalue weighted by molar-refractivity contribution is -0.134. The van der Waals surface area contributed by atoms with E-state index in [4.69, 9.17) is 4.74 Å². The van der Waals surface area contributed by atoms with Crippen LogP contribution in [0.3, 0.4) is 0 Å². The molecule has 13 heavy (non-hydrogen) atoms. The normalized spacial score (nSPS) is 10.4. The Balaban J connectivity index is 3.81. The second-order valence-electron chi connectivity index (χ2n) is 2.46. The SMILES string of the molecule is CCN(C=CC(=O)OC)CCOC. The van der Waals surface area contributed by atoms with E-state index in [1.807, 2.05) is 11.8 Å². The van der Waals surface area contributed by atoms with Crippen molar-refractivity contribution >= 4 is 5.97 Å². The van der Waals surface area contributed by atoms with Gasteiger partial charge in [0.2, 0.25) is 0 Å². The lowest BCUT2D eigenvalue weighted by Crippen LogP contribution is -2.21. The molecule has 0 atom stereocenters. The molecule has 0 spiro atoms. The van der Waals surface area contributed by atoms with Crippen LogP contribution in [0.5, 0.6) is 0 Å². The van der Waals surface area contributed by atoms with Crippen LogP contribution >= 0.6 is 0 Å². The van der Waals surface area contributed by atoms with Crippen LogP contribution in [0.1, 0.15) is 6.92 Å². The van der Waals surface area contributed by atoms with Crippen molar-refractivity contribution in [3.8, 4) is 0 Å². The van der Waals surface area contributed by atoms with Gasteiger partial charge < -0.3 is 14.4 Å². The van der Waals surface area contributed by atoms with Gasteiger partial charge in [-0.15, -0.1) is 0 Å². The summed E-state index contributed by atoms with van der Waals surface area (Å²) in [6.45, 7) is 4.29. The number of rotatable bonds is 6. The van der Waals surface area contributed by atoms with Gasteiger partial charge in [-0.05, 0) is 6.92 Å². The molecule has 0 aromatic rings. The summed E-state index contributed by atoms with van der Waals surface area (Å²) < 4.78 is 9.38. The van der Waals surface area contributed by atoms with E-state index in [1.54, 1.807) is 13.3 Å². The van der Waals surface area contributed by atoms with Gasteiger partial charge in [0.15, 0.2) is 0 Å². The smallest absolute Gasteiger partial charge is 0.331 e. The highest BCUT2D eigenvalue weighted by molar-refractivity contribution is 5.81. The van der Waals surface area contributed by atoms with Crippen molar-refractivity contribution in [3.05, 3.63) is 12.3 Å². The minimum Gasteiger partial charge on any atom is -0.466 e. The van der Waals surface area contributed by atoms with Gasteiger partial charge in [-0.2, -0.15) is 0 Å². The van der Waals surface area contributed by atoms with Gasteiger partial charge in [-0.1, -0.05) is 0 Å². The number of esters is 1. The summed E-state index contributed by atoms with van der Waals surface area (Å²) in [4.78, 5) is 12.7. The van der Waals surface area contributed by atoms with E-state index in [9.17, 15) is 4.79 Å². The average molecular weight is 187 g/mol. The molecule has 0 rings (SSSR count). The van der Waals surface area contributed by atoms with Gasteiger partial charge in [0.1, 0.15) is 0 Å². The summed E-state index contributed by atoms with van der Waals surface area (Å²) >= 11 is 0. The van der Waals surface area contributed by atoms with Crippen LogP contribution < -0.4 is 0 Å². The maximum absolute atomic E-state index is 10.7. The molecule has 0 saturated heterocycles. The standard InChI is InChI=1S/C9H17NO3/c1-4-10(7-8-12-2)6-5-9(11)13-3/h5-6H,4,7-8H2,1-3H3. The second-order valence-corrected chi connectivity index (χ2v) is 2.46. The fraction of sp³-hybridized carbons (Fsp3) is 0.667. The van der Waals surface area contributed by atoms with Crippen molar-refractivity contribution in [2.45, 2.75) is 6.92 Å². The second kappa shape index (κ2) is 7.61. The van der Waals surface area contributed by atoms with Crippen molar-refractivity contribution < 1.29 is 14.3 Å². The molecule has 0 aromatic carbocycles. The predicted molar refractivity (Wildman–Crippen MR) is 50.3 cm³/mol. The molecule has 0 radical (unpaired) electrons. The molecule has 0 aromatic heterocycles. The molecule has 0 heterocycles. The Kier molecular flexibility index (Phi) is 7.01. The Hall–Kier alpha value is -1.03. The van der Waals surface area contributed by atoms with Crippen LogP contribution in [-0.2, 0) is 14.3 Å². The van der Waals surface area contributed by atoms with E-state index in [2.05, 4.69) is 4.74 Å². The lowest BCUT2D eigenvalue weighted by Gasteiger charge is -2.16. The number of likely N-dealkylation sites (N-methyl/N-ethyl adjacent to an activating group) is 1. The first-order chi connectivity index (χ1) is 6.24. The summed E-state index contributed by atoms with van der Waals surface area (Å²) in [6, 6.07) is 0. The van der Waals surface area contributed by atoms with Gasteiger partial charge in [0, 0.05) is 32.5 Å². The van der Waals surface area contributed by atoms with E-state index >= 15 is 0 Å². The molecule has 0 aliphatic heterocycles. The van der Waals surface area contributed by atoms with Crippen LogP contribution in [0, 0.1) is 0 Å². The molecule has 4 heteroatoms. The minimum absolute atomic E-state index is 0.337. The maximum Gasteiger partial charge on any atom is 0.331 e. The summed E-state index contributed by atoms with van der Waals surface area (Å²) in [6.07, 6.45) is 3.12. The molecular weight excluding hydrogens is 170 g/mol. The molecule has 0 unspecified atom stereocenters. The number of methoxy groups -OCH3 is 2. The summed E-state index contributed by atoms with van der Waals surface area (Å²) in [5.41, 5.74) is 0. The molecule has 0 bridgehead atoms. The summed E-state index contributed by atoms with van der Waals surface area (Å²) in [5, 5.41) is 0. The van der Waals surface area contributed by atoms with E-state index < -0.39 is 0 Å².